The van der Waals surface area contributed by atoms with Gasteiger partial charge in [-0.15, -0.1) is 5.10 Å². The molecule has 3 aromatic heterocycles. The van der Waals surface area contributed by atoms with Gasteiger partial charge in [0.15, 0.2) is 28.8 Å². The van der Waals surface area contributed by atoms with E-state index < -0.39 is 17.5 Å². The molecule has 1 amide bonds. The highest BCUT2D eigenvalue weighted by Gasteiger charge is 2.23. The predicted octanol–water partition coefficient (Wildman–Crippen LogP) is 5.74. The van der Waals surface area contributed by atoms with Crippen LogP contribution >= 0.6 is 0 Å². The number of anilines is 1. The number of halogens is 2. The van der Waals surface area contributed by atoms with Crippen molar-refractivity contribution in [3.8, 4) is 34.3 Å². The molecule has 9 nitrogen and oxygen atoms in total. The Balaban J connectivity index is 1.41. The van der Waals surface area contributed by atoms with Gasteiger partial charge in [-0.1, -0.05) is 12.1 Å². The first-order valence-electron chi connectivity index (χ1n) is 11.6. The lowest BCUT2D eigenvalue weighted by molar-refractivity contribution is 0.101. The number of carbonyl (C=O) groups is 1. The minimum absolute atomic E-state index is 0.0866. The highest BCUT2D eigenvalue weighted by molar-refractivity contribution is 6.06. The van der Waals surface area contributed by atoms with Crippen LogP contribution in [0.15, 0.2) is 66.9 Å². The molecule has 2 aromatic carbocycles. The lowest BCUT2D eigenvalue weighted by atomic mass is 10.0. The number of nitrogens with one attached hydrogen (secondary N) is 1. The third-order valence-corrected chi connectivity index (χ3v) is 5.80. The minimum Gasteiger partial charge on any atom is -0.493 e. The zero-order chi connectivity index (χ0) is 27.5. The topological polar surface area (TPSA) is 108 Å². The van der Waals surface area contributed by atoms with E-state index in [4.69, 9.17) is 14.2 Å². The molecule has 0 aliphatic rings. The van der Waals surface area contributed by atoms with Crippen LogP contribution in [0.5, 0.6) is 23.1 Å². The molecule has 0 aliphatic heterocycles. The van der Waals surface area contributed by atoms with E-state index in [-0.39, 0.29) is 28.6 Å². The molecule has 11 heteroatoms. The van der Waals surface area contributed by atoms with Crippen molar-refractivity contribution < 1.29 is 27.8 Å². The van der Waals surface area contributed by atoms with Crippen molar-refractivity contribution in [3.63, 3.8) is 0 Å². The maximum atomic E-state index is 15.0. The highest BCUT2D eigenvalue weighted by Crippen LogP contribution is 2.35. The van der Waals surface area contributed by atoms with Crippen molar-refractivity contribution in [3.05, 3.63) is 89.9 Å². The fourth-order valence-electron chi connectivity index (χ4n) is 3.96. The molecule has 0 spiro atoms. The summed E-state index contributed by atoms with van der Waals surface area (Å²) in [5.41, 5.74) is 2.54. The van der Waals surface area contributed by atoms with Gasteiger partial charge in [0.1, 0.15) is 11.3 Å². The summed E-state index contributed by atoms with van der Waals surface area (Å²) in [4.78, 5) is 21.7. The number of pyridine rings is 2. The van der Waals surface area contributed by atoms with Crippen molar-refractivity contribution in [1.29, 1.82) is 0 Å². The second-order valence-electron chi connectivity index (χ2n) is 8.28. The largest absolute Gasteiger partial charge is 0.493 e. The maximum absolute atomic E-state index is 15.0. The normalized spacial score (nSPS) is 10.8. The summed E-state index contributed by atoms with van der Waals surface area (Å²) >= 11 is 0. The van der Waals surface area contributed by atoms with Crippen molar-refractivity contribution in [2.45, 2.75) is 6.92 Å². The molecule has 0 unspecified atom stereocenters. The van der Waals surface area contributed by atoms with Gasteiger partial charge in [-0.05, 0) is 42.8 Å². The number of nitrogens with zero attached hydrogens (tertiary/aromatic N) is 4. The molecule has 0 saturated heterocycles. The van der Waals surface area contributed by atoms with E-state index in [1.807, 2.05) is 0 Å². The van der Waals surface area contributed by atoms with E-state index >= 15 is 4.39 Å². The van der Waals surface area contributed by atoms with Gasteiger partial charge >= 0.3 is 0 Å². The standard InChI is InChI=1S/C28H21F2N5O4/c1-15-24(16-4-6-17(29)7-5-16)27(38-3)26(35-34-15)28(36)32-18-8-10-21(19(30)14-18)39-22-12-13-31-20-9-11-23(37-2)33-25(20)22/h4-14H,1-3H3,(H,32,36). The molecule has 0 radical (unpaired) electrons. The molecule has 5 rings (SSSR count). The fraction of sp³-hybridized carbons (Fsp3) is 0.107. The third-order valence-electron chi connectivity index (χ3n) is 5.80. The summed E-state index contributed by atoms with van der Waals surface area (Å²) < 4.78 is 44.9. The minimum atomic E-state index is -0.727. The smallest absolute Gasteiger partial charge is 0.280 e. The first-order valence-corrected chi connectivity index (χ1v) is 11.6. The summed E-state index contributed by atoms with van der Waals surface area (Å²) in [5, 5.41) is 10.7. The van der Waals surface area contributed by atoms with Crippen molar-refractivity contribution >= 4 is 22.6 Å². The number of aromatic nitrogens is 4. The number of carbonyl (C=O) groups excluding carboxylic acids is 1. The van der Waals surface area contributed by atoms with E-state index in [1.54, 1.807) is 37.3 Å². The predicted molar refractivity (Wildman–Crippen MR) is 139 cm³/mol. The molecule has 196 valence electrons. The van der Waals surface area contributed by atoms with Crippen LogP contribution in [0.2, 0.25) is 0 Å². The molecule has 0 bridgehead atoms. The molecule has 3 heterocycles. The zero-order valence-corrected chi connectivity index (χ0v) is 21.0. The number of aryl methyl sites for hydroxylation is 1. The van der Waals surface area contributed by atoms with Gasteiger partial charge in [-0.3, -0.25) is 9.78 Å². The molecular formula is C28H21F2N5O4. The number of fused-ring (bicyclic) bond motifs is 1. The number of amides is 1. The summed E-state index contributed by atoms with van der Waals surface area (Å²) in [6.07, 6.45) is 1.52. The number of methoxy groups -OCH3 is 2. The van der Waals surface area contributed by atoms with Crippen LogP contribution in [0.25, 0.3) is 22.2 Å². The lowest BCUT2D eigenvalue weighted by Crippen LogP contribution is -2.17. The van der Waals surface area contributed by atoms with Crippen LogP contribution in [0.3, 0.4) is 0 Å². The van der Waals surface area contributed by atoms with Gasteiger partial charge in [-0.25, -0.2) is 13.8 Å². The van der Waals surface area contributed by atoms with Crippen molar-refractivity contribution in [2.75, 3.05) is 19.5 Å². The van der Waals surface area contributed by atoms with Crippen LogP contribution in [-0.4, -0.2) is 40.3 Å². The van der Waals surface area contributed by atoms with Gasteiger partial charge in [0.05, 0.1) is 25.4 Å². The Morgan fingerprint density at radius 1 is 0.897 bits per heavy atom. The number of benzene rings is 2. The molecule has 0 atom stereocenters. The molecule has 0 aliphatic carbocycles. The summed E-state index contributed by atoms with van der Waals surface area (Å²) in [6, 6.07) is 14.6. The van der Waals surface area contributed by atoms with E-state index in [1.165, 1.54) is 44.7 Å². The summed E-state index contributed by atoms with van der Waals surface area (Å²) in [7, 11) is 2.87. The first kappa shape index (κ1) is 25.5. The third kappa shape index (κ3) is 5.14. The summed E-state index contributed by atoms with van der Waals surface area (Å²) in [6.45, 7) is 1.70. The second kappa shape index (κ2) is 10.7. The quantitative estimate of drug-likeness (QED) is 0.285. The summed E-state index contributed by atoms with van der Waals surface area (Å²) in [5.74, 6) is -1.10. The Kier molecular flexibility index (Phi) is 6.96. The average Bonchev–Trinajstić information content (AvgIpc) is 2.94. The van der Waals surface area contributed by atoms with Gasteiger partial charge in [0.2, 0.25) is 5.88 Å². The number of hydrogen-bond donors (Lipinski definition) is 1. The zero-order valence-electron chi connectivity index (χ0n) is 21.0. The van der Waals surface area contributed by atoms with Crippen molar-refractivity contribution in [1.82, 2.24) is 20.2 Å². The maximum Gasteiger partial charge on any atom is 0.280 e. The highest BCUT2D eigenvalue weighted by atomic mass is 19.1. The Hall–Kier alpha value is -5.19. The molecule has 0 saturated carbocycles. The van der Waals surface area contributed by atoms with Gasteiger partial charge in [0, 0.05) is 35.6 Å². The number of ether oxygens (including phenoxy) is 3. The van der Waals surface area contributed by atoms with Crippen LogP contribution in [0.1, 0.15) is 16.2 Å². The van der Waals surface area contributed by atoms with E-state index in [9.17, 15) is 9.18 Å². The monoisotopic (exact) mass is 529 g/mol. The average molecular weight is 530 g/mol. The fourth-order valence-corrected chi connectivity index (χ4v) is 3.96. The molecule has 0 fully saturated rings. The molecule has 1 N–H and O–H groups in total. The Morgan fingerprint density at radius 2 is 1.69 bits per heavy atom. The van der Waals surface area contributed by atoms with Gasteiger partial charge in [0.25, 0.3) is 5.91 Å². The molecular weight excluding hydrogens is 508 g/mol. The number of rotatable bonds is 7. The van der Waals surface area contributed by atoms with Gasteiger partial charge in [-0.2, -0.15) is 5.10 Å². The Morgan fingerprint density at radius 3 is 2.41 bits per heavy atom. The van der Waals surface area contributed by atoms with Crippen molar-refractivity contribution in [2.24, 2.45) is 0 Å². The van der Waals surface area contributed by atoms with Crippen LogP contribution in [0.4, 0.5) is 14.5 Å². The van der Waals surface area contributed by atoms with E-state index in [0.29, 0.717) is 33.7 Å². The first-order chi connectivity index (χ1) is 18.9. The number of hydrogen-bond acceptors (Lipinski definition) is 8. The second-order valence-corrected chi connectivity index (χ2v) is 8.28. The SMILES string of the molecule is COc1ccc2nccc(Oc3ccc(NC(=O)c4nnc(C)c(-c5ccc(F)cc5)c4OC)cc3F)c2n1. The molecule has 39 heavy (non-hydrogen) atoms. The van der Waals surface area contributed by atoms with Gasteiger partial charge < -0.3 is 19.5 Å². The van der Waals surface area contributed by atoms with Crippen LogP contribution in [-0.2, 0) is 0 Å². The Bertz CT molecular complexity index is 1700. The van der Waals surface area contributed by atoms with Crippen LogP contribution < -0.4 is 19.5 Å². The van der Waals surface area contributed by atoms with Crippen LogP contribution in [0, 0.1) is 18.6 Å². The van der Waals surface area contributed by atoms with E-state index in [2.05, 4.69) is 25.5 Å². The Labute approximate surface area is 221 Å². The molecule has 5 aromatic rings. The van der Waals surface area contributed by atoms with E-state index in [0.717, 1.165) is 6.07 Å². The lowest BCUT2D eigenvalue weighted by Gasteiger charge is -2.15.